The third-order valence-corrected chi connectivity index (χ3v) is 3.40. The summed E-state index contributed by atoms with van der Waals surface area (Å²) in [4.78, 5) is 2.56. The Morgan fingerprint density at radius 3 is 2.88 bits per heavy atom. The Balaban J connectivity index is 2.31. The smallest absolute Gasteiger partial charge is 0.0698 e. The summed E-state index contributed by atoms with van der Waals surface area (Å²) in [5.41, 5.74) is 0. The monoisotopic (exact) mass is 228 g/mol. The number of nitrogens with one attached hydrogen (secondary N) is 1. The third-order valence-electron chi connectivity index (χ3n) is 3.40. The van der Waals surface area contributed by atoms with Gasteiger partial charge >= 0.3 is 0 Å². The molecule has 0 aromatic carbocycles. The first-order valence-corrected chi connectivity index (χ1v) is 6.78. The molecule has 1 N–H and O–H groups in total. The molecule has 0 aliphatic carbocycles. The highest BCUT2D eigenvalue weighted by Gasteiger charge is 2.21. The standard InChI is InChI=1S/C13H28N2O/c1-4-7-12(14-5-2)10-15-9-6-8-13(11-15)16-3/h12-14H,4-11H2,1-3H3. The Morgan fingerprint density at radius 2 is 2.25 bits per heavy atom. The second-order valence-corrected chi connectivity index (χ2v) is 4.80. The lowest BCUT2D eigenvalue weighted by atomic mass is 10.1. The van der Waals surface area contributed by atoms with Crippen LogP contribution in [-0.2, 0) is 4.74 Å². The zero-order valence-electron chi connectivity index (χ0n) is 11.2. The van der Waals surface area contributed by atoms with Crippen molar-refractivity contribution in [3.63, 3.8) is 0 Å². The van der Waals surface area contributed by atoms with E-state index in [9.17, 15) is 0 Å². The van der Waals surface area contributed by atoms with Crippen molar-refractivity contribution in [2.75, 3.05) is 33.3 Å². The number of piperidine rings is 1. The Kier molecular flexibility index (Phi) is 7.01. The largest absolute Gasteiger partial charge is 0.380 e. The number of nitrogens with zero attached hydrogens (tertiary/aromatic N) is 1. The molecular weight excluding hydrogens is 200 g/mol. The lowest BCUT2D eigenvalue weighted by molar-refractivity contribution is 0.0278. The van der Waals surface area contributed by atoms with Gasteiger partial charge in [-0.3, -0.25) is 4.90 Å². The first-order chi connectivity index (χ1) is 7.80. The maximum Gasteiger partial charge on any atom is 0.0698 e. The van der Waals surface area contributed by atoms with Gasteiger partial charge in [-0.2, -0.15) is 0 Å². The quantitative estimate of drug-likeness (QED) is 0.720. The summed E-state index contributed by atoms with van der Waals surface area (Å²) >= 11 is 0. The van der Waals surface area contributed by atoms with E-state index in [0.717, 1.165) is 13.1 Å². The second-order valence-electron chi connectivity index (χ2n) is 4.80. The van der Waals surface area contributed by atoms with Crippen molar-refractivity contribution in [2.24, 2.45) is 0 Å². The first-order valence-electron chi connectivity index (χ1n) is 6.78. The Bertz CT molecular complexity index is 169. The van der Waals surface area contributed by atoms with E-state index in [0.29, 0.717) is 12.1 Å². The Hall–Kier alpha value is -0.120. The van der Waals surface area contributed by atoms with E-state index in [1.54, 1.807) is 0 Å². The highest BCUT2D eigenvalue weighted by atomic mass is 16.5. The predicted octanol–water partition coefficient (Wildman–Crippen LogP) is 1.88. The molecule has 1 rings (SSSR count). The normalized spacial score (nSPS) is 24.6. The zero-order chi connectivity index (χ0) is 11.8. The maximum atomic E-state index is 5.46. The average Bonchev–Trinajstić information content (AvgIpc) is 2.30. The van der Waals surface area contributed by atoms with Crippen molar-refractivity contribution in [1.29, 1.82) is 0 Å². The first kappa shape index (κ1) is 13.9. The molecule has 0 aromatic heterocycles. The molecule has 1 heterocycles. The van der Waals surface area contributed by atoms with Crippen LogP contribution < -0.4 is 5.32 Å². The molecule has 96 valence electrons. The molecule has 0 spiro atoms. The van der Waals surface area contributed by atoms with Gasteiger partial charge in [-0.25, -0.2) is 0 Å². The van der Waals surface area contributed by atoms with Crippen LogP contribution in [0.5, 0.6) is 0 Å². The molecule has 0 aromatic rings. The van der Waals surface area contributed by atoms with E-state index >= 15 is 0 Å². The van der Waals surface area contributed by atoms with Crippen LogP contribution in [0, 0.1) is 0 Å². The topological polar surface area (TPSA) is 24.5 Å². The van der Waals surface area contributed by atoms with Gasteiger partial charge in [-0.05, 0) is 32.4 Å². The van der Waals surface area contributed by atoms with Crippen LogP contribution in [0.2, 0.25) is 0 Å². The molecule has 0 radical (unpaired) electrons. The number of likely N-dealkylation sites (tertiary alicyclic amines) is 1. The van der Waals surface area contributed by atoms with E-state index in [1.165, 1.54) is 38.8 Å². The van der Waals surface area contributed by atoms with Crippen LogP contribution in [0.4, 0.5) is 0 Å². The summed E-state index contributed by atoms with van der Waals surface area (Å²) in [6, 6.07) is 0.658. The summed E-state index contributed by atoms with van der Waals surface area (Å²) in [6.07, 6.45) is 5.51. The fraction of sp³-hybridized carbons (Fsp3) is 1.00. The van der Waals surface area contributed by atoms with Crippen LogP contribution in [0.15, 0.2) is 0 Å². The van der Waals surface area contributed by atoms with Gasteiger partial charge in [0.1, 0.15) is 0 Å². The lowest BCUT2D eigenvalue weighted by Gasteiger charge is -2.34. The van der Waals surface area contributed by atoms with Crippen molar-refractivity contribution in [1.82, 2.24) is 10.2 Å². The summed E-state index contributed by atoms with van der Waals surface area (Å²) in [5, 5.41) is 3.58. The van der Waals surface area contributed by atoms with E-state index in [4.69, 9.17) is 4.74 Å². The molecular formula is C13H28N2O. The summed E-state index contributed by atoms with van der Waals surface area (Å²) in [5.74, 6) is 0. The van der Waals surface area contributed by atoms with Gasteiger partial charge < -0.3 is 10.1 Å². The van der Waals surface area contributed by atoms with Crippen molar-refractivity contribution in [3.05, 3.63) is 0 Å². The number of likely N-dealkylation sites (N-methyl/N-ethyl adjacent to an activating group) is 1. The van der Waals surface area contributed by atoms with Crippen molar-refractivity contribution in [3.8, 4) is 0 Å². The summed E-state index contributed by atoms with van der Waals surface area (Å²) in [6.45, 7) is 9.07. The van der Waals surface area contributed by atoms with Crippen molar-refractivity contribution < 1.29 is 4.74 Å². The number of rotatable bonds is 7. The van der Waals surface area contributed by atoms with Gasteiger partial charge in [0.15, 0.2) is 0 Å². The SMILES string of the molecule is CCCC(CN1CCCC(OC)C1)NCC. The number of methoxy groups -OCH3 is 1. The highest BCUT2D eigenvalue weighted by Crippen LogP contribution is 2.13. The molecule has 16 heavy (non-hydrogen) atoms. The maximum absolute atomic E-state index is 5.46. The minimum Gasteiger partial charge on any atom is -0.380 e. The van der Waals surface area contributed by atoms with Crippen LogP contribution in [0.25, 0.3) is 0 Å². The van der Waals surface area contributed by atoms with Crippen LogP contribution in [-0.4, -0.2) is 50.3 Å². The minimum atomic E-state index is 0.456. The van der Waals surface area contributed by atoms with E-state index in [-0.39, 0.29) is 0 Å². The lowest BCUT2D eigenvalue weighted by Crippen LogP contribution is -2.46. The van der Waals surface area contributed by atoms with E-state index < -0.39 is 0 Å². The highest BCUT2D eigenvalue weighted by molar-refractivity contribution is 4.78. The van der Waals surface area contributed by atoms with Gasteiger partial charge in [-0.1, -0.05) is 20.3 Å². The molecule has 1 aliphatic rings. The van der Waals surface area contributed by atoms with Gasteiger partial charge in [0.2, 0.25) is 0 Å². The predicted molar refractivity (Wildman–Crippen MR) is 68.8 cm³/mol. The van der Waals surface area contributed by atoms with E-state index in [2.05, 4.69) is 24.1 Å². The third kappa shape index (κ3) is 4.81. The molecule has 3 nitrogen and oxygen atoms in total. The van der Waals surface area contributed by atoms with Crippen molar-refractivity contribution in [2.45, 2.75) is 51.7 Å². The van der Waals surface area contributed by atoms with Crippen molar-refractivity contribution >= 4 is 0 Å². The summed E-state index contributed by atoms with van der Waals surface area (Å²) in [7, 11) is 1.84. The number of hydrogen-bond donors (Lipinski definition) is 1. The molecule has 1 fully saturated rings. The molecule has 0 bridgehead atoms. The molecule has 1 saturated heterocycles. The number of hydrogen-bond acceptors (Lipinski definition) is 3. The fourth-order valence-corrected chi connectivity index (χ4v) is 2.58. The van der Waals surface area contributed by atoms with Crippen LogP contribution in [0.1, 0.15) is 39.5 Å². The number of ether oxygens (including phenoxy) is 1. The second kappa shape index (κ2) is 8.04. The van der Waals surface area contributed by atoms with Gasteiger partial charge in [-0.15, -0.1) is 0 Å². The van der Waals surface area contributed by atoms with Gasteiger partial charge in [0.05, 0.1) is 6.10 Å². The molecule has 0 amide bonds. The van der Waals surface area contributed by atoms with Gasteiger partial charge in [0.25, 0.3) is 0 Å². The Morgan fingerprint density at radius 1 is 1.44 bits per heavy atom. The fourth-order valence-electron chi connectivity index (χ4n) is 2.58. The van der Waals surface area contributed by atoms with E-state index in [1.807, 2.05) is 7.11 Å². The molecule has 2 atom stereocenters. The van der Waals surface area contributed by atoms with Gasteiger partial charge in [0, 0.05) is 26.2 Å². The molecule has 2 unspecified atom stereocenters. The Labute approximate surface area is 101 Å². The average molecular weight is 228 g/mol. The molecule has 0 saturated carbocycles. The van der Waals surface area contributed by atoms with Crippen LogP contribution >= 0.6 is 0 Å². The summed E-state index contributed by atoms with van der Waals surface area (Å²) < 4.78 is 5.46. The molecule has 1 aliphatic heterocycles. The molecule has 3 heteroatoms. The minimum absolute atomic E-state index is 0.456. The zero-order valence-corrected chi connectivity index (χ0v) is 11.2. The van der Waals surface area contributed by atoms with Crippen LogP contribution in [0.3, 0.4) is 0 Å².